The summed E-state index contributed by atoms with van der Waals surface area (Å²) in [7, 11) is 0. The number of rotatable bonds is 5. The summed E-state index contributed by atoms with van der Waals surface area (Å²) in [6.07, 6.45) is 0. The van der Waals surface area contributed by atoms with Crippen molar-refractivity contribution in [2.24, 2.45) is 0 Å². The molecule has 0 spiro atoms. The first kappa shape index (κ1) is 16.5. The molecule has 0 unspecified atom stereocenters. The van der Waals surface area contributed by atoms with Crippen LogP contribution in [0.25, 0.3) is 0 Å². The Bertz CT molecular complexity index is 584. The Balaban J connectivity index is 2.06. The van der Waals surface area contributed by atoms with Crippen molar-refractivity contribution in [1.29, 1.82) is 0 Å². The first-order valence-corrected chi connectivity index (χ1v) is 9.61. The summed E-state index contributed by atoms with van der Waals surface area (Å²) in [5.74, 6) is 0. The van der Waals surface area contributed by atoms with E-state index in [-0.39, 0.29) is 8.83 Å². The van der Waals surface area contributed by atoms with Crippen LogP contribution < -0.4 is 0 Å². The van der Waals surface area contributed by atoms with E-state index in [2.05, 4.69) is 46.9 Å². The third-order valence-electron chi connectivity index (χ3n) is 2.10. The van der Waals surface area contributed by atoms with Gasteiger partial charge in [-0.3, -0.25) is 0 Å². The van der Waals surface area contributed by atoms with Gasteiger partial charge in [0.15, 0.2) is 8.68 Å². The van der Waals surface area contributed by atoms with E-state index in [0.717, 1.165) is 18.7 Å². The molecule has 0 fully saturated rings. The summed E-state index contributed by atoms with van der Waals surface area (Å²) in [5, 5.41) is 18.6. The first-order chi connectivity index (χ1) is 9.16. The van der Waals surface area contributed by atoms with E-state index in [1.165, 1.54) is 0 Å². The molecule has 4 nitrogen and oxygen atoms in total. The molecular weight excluding hydrogens is 348 g/mol. The zero-order chi connectivity index (χ0) is 15.0. The molecule has 0 saturated heterocycles. The molecule has 0 aliphatic carbocycles. The van der Waals surface area contributed by atoms with Crippen molar-refractivity contribution in [2.75, 3.05) is 0 Å². The van der Waals surface area contributed by atoms with Gasteiger partial charge in [-0.05, 0) is 34.6 Å². The molecular formula is C11H16N4S5. The molecule has 0 aliphatic rings. The molecule has 2 rings (SSSR count). The van der Waals surface area contributed by atoms with Gasteiger partial charge in [-0.1, -0.05) is 46.2 Å². The topological polar surface area (TPSA) is 51.6 Å². The second-order valence-corrected chi connectivity index (χ2v) is 12.4. The van der Waals surface area contributed by atoms with Crippen LogP contribution in [-0.2, 0) is 4.75 Å². The third kappa shape index (κ3) is 4.59. The molecule has 2 aromatic heterocycles. The highest BCUT2D eigenvalue weighted by molar-refractivity contribution is 8.19. The Morgan fingerprint density at radius 1 is 0.900 bits per heavy atom. The molecule has 9 heteroatoms. The minimum absolute atomic E-state index is 0.0660. The first-order valence-electron chi connectivity index (χ1n) is 5.90. The summed E-state index contributed by atoms with van der Waals surface area (Å²) in [5.41, 5.74) is 0. The third-order valence-corrected chi connectivity index (χ3v) is 7.14. The van der Waals surface area contributed by atoms with E-state index in [4.69, 9.17) is 0 Å². The highest BCUT2D eigenvalue weighted by Crippen LogP contribution is 2.47. The fourth-order valence-corrected chi connectivity index (χ4v) is 6.58. The molecule has 0 N–H and O–H groups in total. The zero-order valence-electron chi connectivity index (χ0n) is 11.9. The highest BCUT2D eigenvalue weighted by Gasteiger charge is 2.27. The number of hydrogen-bond acceptors (Lipinski definition) is 9. The molecule has 110 valence electrons. The van der Waals surface area contributed by atoms with E-state index < -0.39 is 0 Å². The van der Waals surface area contributed by atoms with Gasteiger partial charge in [0.2, 0.25) is 0 Å². The van der Waals surface area contributed by atoms with Crippen LogP contribution in [0.3, 0.4) is 0 Å². The number of nitrogens with zero attached hydrogens (tertiary/aromatic N) is 4. The van der Waals surface area contributed by atoms with Crippen molar-refractivity contribution < 1.29 is 0 Å². The van der Waals surface area contributed by atoms with Crippen molar-refractivity contribution in [3.8, 4) is 0 Å². The van der Waals surface area contributed by atoms with Crippen LogP contribution in [0.15, 0.2) is 8.68 Å². The average Bonchev–Trinajstić information content (AvgIpc) is 2.86. The molecule has 0 aromatic carbocycles. The molecule has 0 atom stereocenters. The van der Waals surface area contributed by atoms with Gasteiger partial charge in [-0.2, -0.15) is 12.6 Å². The Morgan fingerprint density at radius 2 is 1.45 bits per heavy atom. The Morgan fingerprint density at radius 3 is 1.90 bits per heavy atom. The molecule has 0 saturated carbocycles. The fraction of sp³-hybridized carbons (Fsp3) is 0.636. The van der Waals surface area contributed by atoms with Crippen LogP contribution in [0.5, 0.6) is 0 Å². The predicted octanol–water partition coefficient (Wildman–Crippen LogP) is 4.48. The van der Waals surface area contributed by atoms with Crippen LogP contribution in [-0.4, -0.2) is 24.5 Å². The lowest BCUT2D eigenvalue weighted by molar-refractivity contribution is 0.757. The second-order valence-electron chi connectivity index (χ2n) is 5.12. The van der Waals surface area contributed by atoms with E-state index in [1.807, 2.05) is 20.8 Å². The Kier molecular flexibility index (Phi) is 5.06. The van der Waals surface area contributed by atoms with Crippen LogP contribution in [0.2, 0.25) is 0 Å². The molecule has 0 radical (unpaired) electrons. The summed E-state index contributed by atoms with van der Waals surface area (Å²) >= 11 is 11.2. The number of aryl methyl sites for hydroxylation is 1. The summed E-state index contributed by atoms with van der Waals surface area (Å²) < 4.78 is 1.63. The fourth-order valence-electron chi connectivity index (χ4n) is 1.26. The summed E-state index contributed by atoms with van der Waals surface area (Å²) in [4.78, 5) is 0. The van der Waals surface area contributed by atoms with Crippen molar-refractivity contribution in [3.05, 3.63) is 10.0 Å². The maximum Gasteiger partial charge on any atom is 0.175 e. The lowest BCUT2D eigenvalue weighted by Crippen LogP contribution is -2.07. The van der Waals surface area contributed by atoms with Crippen molar-refractivity contribution >= 4 is 58.8 Å². The molecule has 0 bridgehead atoms. The minimum atomic E-state index is -0.246. The Hall–Kier alpha value is 0.170. The van der Waals surface area contributed by atoms with Crippen LogP contribution >= 0.6 is 58.8 Å². The molecule has 2 heterocycles. The van der Waals surface area contributed by atoms with Crippen molar-refractivity contribution in [1.82, 2.24) is 20.4 Å². The standard InChI is InChI=1S/C11H16N4S5/c1-6-12-14-8(17-6)19-11(4,5)20-9-15-13-7(18-9)10(2,3)16/h16H,1-5H3. The van der Waals surface area contributed by atoms with Gasteiger partial charge >= 0.3 is 0 Å². The van der Waals surface area contributed by atoms with E-state index >= 15 is 0 Å². The quantitative estimate of drug-likeness (QED) is 0.479. The number of thiol groups is 1. The largest absolute Gasteiger partial charge is 0.175 e. The van der Waals surface area contributed by atoms with Crippen LogP contribution in [0.4, 0.5) is 0 Å². The Labute approximate surface area is 141 Å². The van der Waals surface area contributed by atoms with Gasteiger partial charge in [0.25, 0.3) is 0 Å². The van der Waals surface area contributed by atoms with Crippen LogP contribution in [0.1, 0.15) is 37.7 Å². The maximum atomic E-state index is 4.53. The molecule has 20 heavy (non-hydrogen) atoms. The summed E-state index contributed by atoms with van der Waals surface area (Å²) in [6.45, 7) is 10.3. The summed E-state index contributed by atoms with van der Waals surface area (Å²) in [6, 6.07) is 0. The lowest BCUT2D eigenvalue weighted by Gasteiger charge is -2.19. The molecule has 0 aliphatic heterocycles. The smallest absolute Gasteiger partial charge is 0.166 e. The zero-order valence-corrected chi connectivity index (χ0v) is 16.0. The SMILES string of the molecule is Cc1nnc(SC(C)(C)Sc2nnc(C(C)(C)S)s2)s1. The lowest BCUT2D eigenvalue weighted by atomic mass is 10.2. The molecule has 0 amide bonds. The monoisotopic (exact) mass is 364 g/mol. The van der Waals surface area contributed by atoms with E-state index in [0.29, 0.717) is 0 Å². The maximum absolute atomic E-state index is 4.53. The van der Waals surface area contributed by atoms with Crippen molar-refractivity contribution in [2.45, 2.75) is 52.1 Å². The van der Waals surface area contributed by atoms with E-state index in [9.17, 15) is 0 Å². The number of thioether (sulfide) groups is 2. The highest BCUT2D eigenvalue weighted by atomic mass is 32.2. The van der Waals surface area contributed by atoms with Gasteiger partial charge in [0, 0.05) is 0 Å². The second kappa shape index (κ2) is 6.12. The number of hydrogen-bond donors (Lipinski definition) is 1. The predicted molar refractivity (Wildman–Crippen MR) is 92.4 cm³/mol. The van der Waals surface area contributed by atoms with Crippen LogP contribution in [0, 0.1) is 6.92 Å². The van der Waals surface area contributed by atoms with Gasteiger partial charge in [0.1, 0.15) is 10.0 Å². The van der Waals surface area contributed by atoms with Gasteiger partial charge in [0.05, 0.1) is 8.83 Å². The average molecular weight is 365 g/mol. The van der Waals surface area contributed by atoms with E-state index in [1.54, 1.807) is 46.2 Å². The van der Waals surface area contributed by atoms with Gasteiger partial charge in [-0.25, -0.2) is 0 Å². The molecule has 2 aromatic rings. The number of aromatic nitrogens is 4. The minimum Gasteiger partial charge on any atom is -0.166 e. The van der Waals surface area contributed by atoms with Gasteiger partial charge in [-0.15, -0.1) is 20.4 Å². The van der Waals surface area contributed by atoms with Crippen molar-refractivity contribution in [3.63, 3.8) is 0 Å². The van der Waals surface area contributed by atoms with Gasteiger partial charge < -0.3 is 0 Å². The normalized spacial score (nSPS) is 12.9.